The van der Waals surface area contributed by atoms with Crippen molar-refractivity contribution in [3.05, 3.63) is 65.2 Å². The number of para-hydroxylation sites is 1. The van der Waals surface area contributed by atoms with Gasteiger partial charge in [0, 0.05) is 16.3 Å². The van der Waals surface area contributed by atoms with E-state index in [9.17, 15) is 5.26 Å². The van der Waals surface area contributed by atoms with Crippen LogP contribution in [-0.2, 0) is 0 Å². The van der Waals surface area contributed by atoms with E-state index >= 15 is 0 Å². The lowest BCUT2D eigenvalue weighted by Gasteiger charge is -2.03. The second-order valence-corrected chi connectivity index (χ2v) is 4.87. The fourth-order valence-electron chi connectivity index (χ4n) is 2.02. The first-order chi connectivity index (χ1) is 10.3. The third kappa shape index (κ3) is 2.73. The summed E-state index contributed by atoms with van der Waals surface area (Å²) in [6.45, 7) is 0. The lowest BCUT2D eigenvalue weighted by atomic mass is 10.1. The van der Waals surface area contributed by atoms with E-state index in [4.69, 9.17) is 11.6 Å². The fraction of sp³-hybridized carbons (Fsp3) is 0. The zero-order valence-electron chi connectivity index (χ0n) is 11.0. The van der Waals surface area contributed by atoms with Crippen molar-refractivity contribution in [3.8, 4) is 17.3 Å². The van der Waals surface area contributed by atoms with Crippen LogP contribution < -0.4 is 5.32 Å². The summed E-state index contributed by atoms with van der Waals surface area (Å²) in [5, 5.41) is 20.3. The summed E-state index contributed by atoms with van der Waals surface area (Å²) < 4.78 is 0. The van der Waals surface area contributed by atoms with Crippen LogP contribution in [0.1, 0.15) is 5.56 Å². The predicted octanol–water partition coefficient (Wildman–Crippen LogP) is 4.35. The smallest absolute Gasteiger partial charge is 0.170 e. The van der Waals surface area contributed by atoms with Crippen molar-refractivity contribution in [1.29, 1.82) is 5.26 Å². The number of nitrogens with zero attached hydrogens (tertiary/aromatic N) is 2. The monoisotopic (exact) mass is 294 g/mol. The van der Waals surface area contributed by atoms with E-state index in [0.29, 0.717) is 22.1 Å². The van der Waals surface area contributed by atoms with Gasteiger partial charge in [-0.05, 0) is 24.3 Å². The van der Waals surface area contributed by atoms with Crippen molar-refractivity contribution >= 4 is 23.1 Å². The molecule has 1 heterocycles. The van der Waals surface area contributed by atoms with Crippen LogP contribution in [0.2, 0.25) is 5.02 Å². The van der Waals surface area contributed by atoms with Crippen LogP contribution in [-0.4, -0.2) is 10.2 Å². The summed E-state index contributed by atoms with van der Waals surface area (Å²) in [6, 6.07) is 19.0. The van der Waals surface area contributed by atoms with E-state index in [-0.39, 0.29) is 0 Å². The molecule has 0 amide bonds. The maximum absolute atomic E-state index is 9.41. The molecule has 3 aromatic rings. The molecule has 102 valence electrons. The highest BCUT2D eigenvalue weighted by Crippen LogP contribution is 2.28. The first-order valence-electron chi connectivity index (χ1n) is 6.34. The van der Waals surface area contributed by atoms with Gasteiger partial charge in [0.05, 0.1) is 5.69 Å². The number of anilines is 2. The minimum absolute atomic E-state index is 0.473. The van der Waals surface area contributed by atoms with E-state index < -0.39 is 0 Å². The molecule has 5 heteroatoms. The number of hydrogen-bond acceptors (Lipinski definition) is 3. The second kappa shape index (κ2) is 5.70. The third-order valence-corrected chi connectivity index (χ3v) is 3.30. The quantitative estimate of drug-likeness (QED) is 0.755. The van der Waals surface area contributed by atoms with Gasteiger partial charge in [-0.3, -0.25) is 5.10 Å². The van der Waals surface area contributed by atoms with Crippen LogP contribution in [0.5, 0.6) is 0 Å². The Labute approximate surface area is 127 Å². The summed E-state index contributed by atoms with van der Waals surface area (Å²) in [7, 11) is 0. The number of halogens is 1. The molecule has 0 radical (unpaired) electrons. The normalized spacial score (nSPS) is 10.1. The van der Waals surface area contributed by atoms with Crippen LogP contribution in [0.3, 0.4) is 0 Å². The van der Waals surface area contributed by atoms with Crippen molar-refractivity contribution < 1.29 is 0 Å². The van der Waals surface area contributed by atoms with Crippen molar-refractivity contribution in [2.24, 2.45) is 0 Å². The Hall–Kier alpha value is -2.77. The lowest BCUT2D eigenvalue weighted by molar-refractivity contribution is 1.10. The molecule has 0 saturated carbocycles. The van der Waals surface area contributed by atoms with E-state index in [1.807, 2.05) is 42.5 Å². The molecule has 21 heavy (non-hydrogen) atoms. The molecule has 0 bridgehead atoms. The Bertz CT molecular complexity index is 785. The van der Waals surface area contributed by atoms with Gasteiger partial charge < -0.3 is 5.32 Å². The minimum Gasteiger partial charge on any atom is -0.338 e. The summed E-state index contributed by atoms with van der Waals surface area (Å²) in [6.07, 6.45) is 0. The van der Waals surface area contributed by atoms with E-state index in [1.54, 1.807) is 12.1 Å². The molecule has 0 spiro atoms. The molecule has 3 rings (SSSR count). The minimum atomic E-state index is 0.473. The molecule has 0 aliphatic heterocycles. The van der Waals surface area contributed by atoms with Gasteiger partial charge >= 0.3 is 0 Å². The zero-order valence-corrected chi connectivity index (χ0v) is 11.7. The molecular weight excluding hydrogens is 284 g/mol. The molecule has 2 aromatic carbocycles. The average Bonchev–Trinajstić information content (AvgIpc) is 2.92. The molecule has 4 nitrogen and oxygen atoms in total. The van der Waals surface area contributed by atoms with E-state index in [2.05, 4.69) is 21.6 Å². The highest BCUT2D eigenvalue weighted by Gasteiger charge is 2.14. The van der Waals surface area contributed by atoms with Gasteiger partial charge in [0.1, 0.15) is 11.6 Å². The van der Waals surface area contributed by atoms with E-state index in [0.717, 1.165) is 11.3 Å². The van der Waals surface area contributed by atoms with Gasteiger partial charge in [-0.25, -0.2) is 0 Å². The highest BCUT2D eigenvalue weighted by molar-refractivity contribution is 6.30. The van der Waals surface area contributed by atoms with Gasteiger partial charge in [-0.1, -0.05) is 41.9 Å². The van der Waals surface area contributed by atoms with Crippen molar-refractivity contribution in [2.45, 2.75) is 0 Å². The SMILES string of the molecule is N#Cc1c(Nc2ccccc2)n[nH]c1-c1ccc(Cl)cc1. The Morgan fingerprint density at radius 2 is 1.76 bits per heavy atom. The predicted molar refractivity (Wildman–Crippen MR) is 83.5 cm³/mol. The number of benzene rings is 2. The molecule has 0 aliphatic rings. The van der Waals surface area contributed by atoms with Gasteiger partial charge in [0.25, 0.3) is 0 Å². The Morgan fingerprint density at radius 1 is 1.05 bits per heavy atom. The first-order valence-corrected chi connectivity index (χ1v) is 6.72. The number of nitriles is 1. The Morgan fingerprint density at radius 3 is 2.43 bits per heavy atom. The average molecular weight is 295 g/mol. The van der Waals surface area contributed by atoms with Gasteiger partial charge in [0.2, 0.25) is 0 Å². The molecule has 0 aliphatic carbocycles. The van der Waals surface area contributed by atoms with Crippen LogP contribution in [0.25, 0.3) is 11.3 Å². The molecule has 0 unspecified atom stereocenters. The van der Waals surface area contributed by atoms with Gasteiger partial charge in [0.15, 0.2) is 5.82 Å². The molecule has 0 atom stereocenters. The number of aromatic nitrogens is 2. The largest absolute Gasteiger partial charge is 0.338 e. The summed E-state index contributed by atoms with van der Waals surface area (Å²) in [4.78, 5) is 0. The Kier molecular flexibility index (Phi) is 3.59. The van der Waals surface area contributed by atoms with Crippen LogP contribution in [0.15, 0.2) is 54.6 Å². The van der Waals surface area contributed by atoms with Gasteiger partial charge in [-0.2, -0.15) is 10.4 Å². The highest BCUT2D eigenvalue weighted by atomic mass is 35.5. The maximum atomic E-state index is 9.41. The molecule has 0 fully saturated rings. The summed E-state index contributed by atoms with van der Waals surface area (Å²) in [5.41, 5.74) is 2.89. The number of H-pyrrole nitrogens is 1. The Balaban J connectivity index is 1.98. The standard InChI is InChI=1S/C16H11ClN4/c17-12-8-6-11(7-9-12)15-14(10-18)16(21-20-15)19-13-4-2-1-3-5-13/h1-9H,(H2,19,20,21). The number of rotatable bonds is 3. The van der Waals surface area contributed by atoms with Crippen molar-refractivity contribution in [2.75, 3.05) is 5.32 Å². The zero-order chi connectivity index (χ0) is 14.7. The van der Waals surface area contributed by atoms with Gasteiger partial charge in [-0.15, -0.1) is 0 Å². The third-order valence-electron chi connectivity index (χ3n) is 3.05. The fourth-order valence-corrected chi connectivity index (χ4v) is 2.15. The van der Waals surface area contributed by atoms with Crippen LogP contribution in [0, 0.1) is 11.3 Å². The topological polar surface area (TPSA) is 64.5 Å². The second-order valence-electron chi connectivity index (χ2n) is 4.43. The molecule has 2 N–H and O–H groups in total. The molecular formula is C16H11ClN4. The molecule has 1 aromatic heterocycles. The van der Waals surface area contributed by atoms with Crippen molar-refractivity contribution in [1.82, 2.24) is 10.2 Å². The molecule has 0 saturated heterocycles. The number of nitrogens with one attached hydrogen (secondary N) is 2. The summed E-state index contributed by atoms with van der Waals surface area (Å²) >= 11 is 5.88. The number of hydrogen-bond donors (Lipinski definition) is 2. The number of aromatic amines is 1. The van der Waals surface area contributed by atoms with Crippen molar-refractivity contribution in [3.63, 3.8) is 0 Å². The lowest BCUT2D eigenvalue weighted by Crippen LogP contribution is -1.92. The first kappa shape index (κ1) is 13.2. The van der Waals surface area contributed by atoms with Crippen LogP contribution in [0.4, 0.5) is 11.5 Å². The maximum Gasteiger partial charge on any atom is 0.170 e. The summed E-state index contributed by atoms with van der Waals surface area (Å²) in [5.74, 6) is 0.508. The van der Waals surface area contributed by atoms with E-state index in [1.165, 1.54) is 0 Å². The van der Waals surface area contributed by atoms with Crippen LogP contribution >= 0.6 is 11.6 Å².